The van der Waals surface area contributed by atoms with Crippen molar-refractivity contribution in [3.8, 4) is 0 Å². The minimum atomic E-state index is -4.91. The number of hydrogen-bond donors (Lipinski definition) is 4. The SMILES string of the molecule is Nc1ncnc2c1ncn2[C@@H]1O[C@H](C[O-])[C@@H](OP(=O)(O)O)[C@H]1O.O.[Na+]. The number of nitrogens with zero attached hydrogens (tertiary/aromatic N) is 4. The topological polar surface area (TPSA) is 220 Å². The molecule has 3 rings (SSSR count). The van der Waals surface area contributed by atoms with Gasteiger partial charge in [0.25, 0.3) is 0 Å². The van der Waals surface area contributed by atoms with E-state index >= 15 is 0 Å². The van der Waals surface area contributed by atoms with E-state index in [1.807, 2.05) is 0 Å². The van der Waals surface area contributed by atoms with E-state index in [0.717, 1.165) is 0 Å². The molecule has 15 heteroatoms. The smallest absolute Gasteiger partial charge is 0.853 e. The molecular formula is C10H15N5NaO8P. The van der Waals surface area contributed by atoms with Crippen LogP contribution in [-0.4, -0.2) is 64.8 Å². The van der Waals surface area contributed by atoms with E-state index in [9.17, 15) is 14.8 Å². The van der Waals surface area contributed by atoms with Gasteiger partial charge in [0, 0.05) is 0 Å². The van der Waals surface area contributed by atoms with Crippen molar-refractivity contribution < 1.29 is 68.9 Å². The normalized spacial score (nSPS) is 26.2. The van der Waals surface area contributed by atoms with Crippen LogP contribution in [0, 0.1) is 0 Å². The first-order valence-electron chi connectivity index (χ1n) is 6.40. The van der Waals surface area contributed by atoms with Gasteiger partial charge in [0.15, 0.2) is 17.7 Å². The van der Waals surface area contributed by atoms with Crippen molar-refractivity contribution in [1.29, 1.82) is 0 Å². The Morgan fingerprint density at radius 2 is 2.08 bits per heavy atom. The Labute approximate surface area is 162 Å². The number of phosphoric ester groups is 1. The van der Waals surface area contributed by atoms with Crippen LogP contribution in [0.5, 0.6) is 0 Å². The van der Waals surface area contributed by atoms with Gasteiger partial charge in [-0.25, -0.2) is 19.5 Å². The fourth-order valence-corrected chi connectivity index (χ4v) is 3.01. The molecule has 1 aliphatic heterocycles. The molecule has 0 amide bonds. The third-order valence-electron chi connectivity index (χ3n) is 3.39. The van der Waals surface area contributed by atoms with E-state index in [4.69, 9.17) is 20.3 Å². The van der Waals surface area contributed by atoms with Crippen LogP contribution >= 0.6 is 7.82 Å². The predicted octanol–water partition coefficient (Wildman–Crippen LogP) is -6.32. The summed E-state index contributed by atoms with van der Waals surface area (Å²) < 4.78 is 22.1. The van der Waals surface area contributed by atoms with Gasteiger partial charge in [-0.05, 0) is 0 Å². The van der Waals surface area contributed by atoms with Crippen LogP contribution in [0.2, 0.25) is 0 Å². The summed E-state index contributed by atoms with van der Waals surface area (Å²) >= 11 is 0. The molecule has 0 saturated carbocycles. The maximum atomic E-state index is 11.2. The van der Waals surface area contributed by atoms with Crippen molar-refractivity contribution >= 4 is 24.8 Å². The molecule has 0 unspecified atom stereocenters. The number of phosphoric acid groups is 1. The third-order valence-corrected chi connectivity index (χ3v) is 3.91. The van der Waals surface area contributed by atoms with Gasteiger partial charge in [-0.2, -0.15) is 0 Å². The Balaban J connectivity index is 0.00000156. The van der Waals surface area contributed by atoms with Crippen molar-refractivity contribution in [1.82, 2.24) is 19.5 Å². The first-order valence-corrected chi connectivity index (χ1v) is 7.93. The fraction of sp³-hybridized carbons (Fsp3) is 0.500. The van der Waals surface area contributed by atoms with Crippen molar-refractivity contribution in [2.75, 3.05) is 12.3 Å². The van der Waals surface area contributed by atoms with E-state index in [0.29, 0.717) is 0 Å². The first-order chi connectivity index (χ1) is 10.8. The summed E-state index contributed by atoms with van der Waals surface area (Å²) in [4.78, 5) is 29.5. The molecule has 2 aromatic heterocycles. The Morgan fingerprint density at radius 1 is 1.40 bits per heavy atom. The van der Waals surface area contributed by atoms with Gasteiger partial charge in [0.05, 0.1) is 12.4 Å². The van der Waals surface area contributed by atoms with Crippen molar-refractivity contribution in [3.05, 3.63) is 12.7 Å². The van der Waals surface area contributed by atoms with Gasteiger partial charge in [-0.3, -0.25) is 9.09 Å². The van der Waals surface area contributed by atoms with E-state index in [1.54, 1.807) is 0 Å². The molecule has 0 spiro atoms. The average Bonchev–Trinajstić information content (AvgIpc) is 3.01. The fourth-order valence-electron chi connectivity index (χ4n) is 2.43. The number of ether oxygens (including phenoxy) is 1. The number of anilines is 1. The van der Waals surface area contributed by atoms with Gasteiger partial charge >= 0.3 is 37.4 Å². The molecule has 4 atom stereocenters. The number of aliphatic hydroxyl groups excluding tert-OH is 1. The number of nitrogen functional groups attached to an aromatic ring is 1. The standard InChI is InChI=1S/C10H13N5O7P.Na.H2O/c11-8-5-9(13-2-12-8)15(3-14-5)10-6(17)7(4(1-16)21-10)22-23(18,19)20;;/h2-4,6-7,10,17H,1H2,(H2,11,12,13)(H2,18,19,20);;1H2/q-1;+1;/t4-,6-,7-,10-;;/m1../s1. The van der Waals surface area contributed by atoms with Crippen LogP contribution in [0.3, 0.4) is 0 Å². The summed E-state index contributed by atoms with van der Waals surface area (Å²) in [5.74, 6) is 0.115. The van der Waals surface area contributed by atoms with Crippen LogP contribution in [0.15, 0.2) is 12.7 Å². The van der Waals surface area contributed by atoms with Crippen LogP contribution in [0.1, 0.15) is 6.23 Å². The van der Waals surface area contributed by atoms with E-state index in [2.05, 4.69) is 19.5 Å². The average molecular weight is 387 g/mol. The molecule has 0 bridgehead atoms. The molecule has 0 aliphatic carbocycles. The molecule has 25 heavy (non-hydrogen) atoms. The zero-order valence-electron chi connectivity index (χ0n) is 13.0. The Hall–Kier alpha value is -0.700. The Bertz CT molecular complexity index is 771. The number of fused-ring (bicyclic) bond motifs is 1. The quantitative estimate of drug-likeness (QED) is 0.285. The first kappa shape index (κ1) is 22.3. The number of imidazole rings is 1. The zero-order valence-corrected chi connectivity index (χ0v) is 15.9. The second kappa shape index (κ2) is 8.33. The number of aliphatic hydroxyl groups is 1. The molecule has 0 aromatic carbocycles. The Kier molecular flexibility index (Phi) is 7.44. The molecular weight excluding hydrogens is 372 g/mol. The zero-order chi connectivity index (χ0) is 16.8. The van der Waals surface area contributed by atoms with Crippen LogP contribution in [0.25, 0.3) is 11.2 Å². The van der Waals surface area contributed by atoms with Crippen LogP contribution < -0.4 is 40.4 Å². The molecule has 7 N–H and O–H groups in total. The van der Waals surface area contributed by atoms with Crippen molar-refractivity contribution in [3.63, 3.8) is 0 Å². The van der Waals surface area contributed by atoms with E-state index < -0.39 is 39.0 Å². The third kappa shape index (κ3) is 4.35. The molecule has 1 saturated heterocycles. The molecule has 13 nitrogen and oxygen atoms in total. The monoisotopic (exact) mass is 387 g/mol. The van der Waals surface area contributed by atoms with Gasteiger partial charge in [-0.1, -0.05) is 0 Å². The summed E-state index contributed by atoms with van der Waals surface area (Å²) in [5, 5.41) is 21.4. The molecule has 1 aliphatic rings. The molecule has 2 aromatic rings. The van der Waals surface area contributed by atoms with E-state index in [1.165, 1.54) is 17.2 Å². The van der Waals surface area contributed by atoms with Crippen LogP contribution in [0.4, 0.5) is 5.82 Å². The van der Waals surface area contributed by atoms with E-state index in [-0.39, 0.29) is 52.0 Å². The summed E-state index contributed by atoms with van der Waals surface area (Å²) in [7, 11) is -4.91. The molecule has 3 heterocycles. The Morgan fingerprint density at radius 3 is 2.68 bits per heavy atom. The largest absolute Gasteiger partial charge is 1.00 e. The number of rotatable bonds is 4. The second-order valence-corrected chi connectivity index (χ2v) is 6.06. The number of nitrogens with two attached hydrogens (primary N) is 1. The minimum absolute atomic E-state index is 0. The summed E-state index contributed by atoms with van der Waals surface area (Å²) in [6.07, 6.45) is -2.97. The molecule has 1 fully saturated rings. The maximum Gasteiger partial charge on any atom is 1.00 e. The van der Waals surface area contributed by atoms with Gasteiger partial charge in [0.1, 0.15) is 24.1 Å². The molecule has 134 valence electrons. The summed E-state index contributed by atoms with van der Waals surface area (Å²) in [5.41, 5.74) is 6.16. The second-order valence-electron chi connectivity index (χ2n) is 4.87. The number of hydrogen-bond acceptors (Lipinski definition) is 9. The van der Waals surface area contributed by atoms with Gasteiger partial charge in [0.2, 0.25) is 0 Å². The van der Waals surface area contributed by atoms with Gasteiger partial charge in [-0.15, -0.1) is 6.61 Å². The van der Waals surface area contributed by atoms with Crippen molar-refractivity contribution in [2.45, 2.75) is 24.5 Å². The summed E-state index contributed by atoms with van der Waals surface area (Å²) in [6.45, 7) is -0.859. The molecule has 0 radical (unpaired) electrons. The maximum absolute atomic E-state index is 11.2. The minimum Gasteiger partial charge on any atom is -0.853 e. The predicted molar refractivity (Wildman–Crippen MR) is 75.1 cm³/mol. The summed E-state index contributed by atoms with van der Waals surface area (Å²) in [6, 6.07) is 0. The van der Waals surface area contributed by atoms with Crippen LogP contribution in [-0.2, 0) is 13.8 Å². The van der Waals surface area contributed by atoms with Crippen molar-refractivity contribution in [2.24, 2.45) is 0 Å². The number of aromatic nitrogens is 4. The van der Waals surface area contributed by atoms with Gasteiger partial charge < -0.3 is 35.9 Å².